The molecule has 0 aliphatic carbocycles. The van der Waals surface area contributed by atoms with E-state index in [1.54, 1.807) is 50.5 Å². The van der Waals surface area contributed by atoms with Crippen LogP contribution in [-0.2, 0) is 18.9 Å². The number of ketones is 1. The Morgan fingerprint density at radius 2 is 1.74 bits per heavy atom. The van der Waals surface area contributed by atoms with Crippen LogP contribution in [-0.4, -0.2) is 45.3 Å². The molecule has 0 bridgehead atoms. The molecule has 39 heavy (non-hydrogen) atoms. The van der Waals surface area contributed by atoms with Gasteiger partial charge < -0.3 is 24.4 Å². The van der Waals surface area contributed by atoms with E-state index in [1.165, 1.54) is 41.6 Å². The zero-order valence-corrected chi connectivity index (χ0v) is 21.7. The van der Waals surface area contributed by atoms with Crippen LogP contribution in [0.4, 0.5) is 0 Å². The van der Waals surface area contributed by atoms with E-state index in [0.717, 1.165) is 0 Å². The van der Waals surface area contributed by atoms with Crippen molar-refractivity contribution in [3.8, 4) is 23.0 Å². The van der Waals surface area contributed by atoms with Crippen molar-refractivity contribution in [2.24, 2.45) is 14.1 Å². The highest BCUT2D eigenvalue weighted by Crippen LogP contribution is 2.47. The average molecular weight is 531 g/mol. The van der Waals surface area contributed by atoms with E-state index in [9.17, 15) is 24.6 Å². The maximum atomic E-state index is 13.3. The van der Waals surface area contributed by atoms with Gasteiger partial charge in [0.25, 0.3) is 0 Å². The van der Waals surface area contributed by atoms with E-state index >= 15 is 0 Å². The third-order valence-electron chi connectivity index (χ3n) is 7.01. The number of ether oxygens (including phenoxy) is 3. The largest absolute Gasteiger partial charge is 0.508 e. The number of hydrogen-bond acceptors (Lipinski definition) is 7. The number of carbonyl (C=O) groups is 2. The lowest BCUT2D eigenvalue weighted by atomic mass is 9.86. The first kappa shape index (κ1) is 25.7. The van der Waals surface area contributed by atoms with Gasteiger partial charge in [-0.05, 0) is 48.0 Å². The van der Waals surface area contributed by atoms with Gasteiger partial charge in [0.2, 0.25) is 5.78 Å². The number of aromatic nitrogens is 2. The predicted molar refractivity (Wildman–Crippen MR) is 143 cm³/mol. The maximum absolute atomic E-state index is 13.3. The number of phenols is 1. The van der Waals surface area contributed by atoms with Crippen LogP contribution in [0.2, 0.25) is 0 Å². The normalized spacial score (nSPS) is 14.4. The highest BCUT2D eigenvalue weighted by molar-refractivity contribution is 6.15. The average Bonchev–Trinajstić information content (AvgIpc) is 3.35. The van der Waals surface area contributed by atoms with Crippen LogP contribution in [0.5, 0.6) is 23.0 Å². The lowest BCUT2D eigenvalue weighted by Crippen LogP contribution is -2.19. The summed E-state index contributed by atoms with van der Waals surface area (Å²) in [4.78, 5) is 37.7. The van der Waals surface area contributed by atoms with E-state index in [1.807, 2.05) is 0 Å². The molecule has 2 heterocycles. The smallest absolute Gasteiger partial charge is 0.328 e. The highest BCUT2D eigenvalue weighted by Gasteiger charge is 2.35. The molecule has 0 amide bonds. The first-order valence-electron chi connectivity index (χ1n) is 12.0. The number of allylic oxidation sites excluding steroid dienone is 1. The van der Waals surface area contributed by atoms with Crippen molar-refractivity contribution < 1.29 is 34.0 Å². The van der Waals surface area contributed by atoms with E-state index < -0.39 is 17.7 Å². The quantitative estimate of drug-likeness (QED) is 0.345. The number of methoxy groups -OCH3 is 2. The second kappa shape index (κ2) is 9.71. The molecule has 2 N–H and O–H groups in total. The molecule has 3 aromatic carbocycles. The summed E-state index contributed by atoms with van der Waals surface area (Å²) in [6, 6.07) is 13.1. The lowest BCUT2D eigenvalue weighted by molar-refractivity contribution is -0.137. The standard InChI is InChI=1S/C29H26N2O8/c1-30-20-9-6-15(11-21(20)31(2)29(30)36)19(14-25(33)34)26-22(32)10-8-18-27(35)24(39-28(18)26)12-16-5-7-17(37-3)13-23(16)38-4/h5-13,19,32H,14H2,1-4H3,(H,33,34)/b24-12-/t19-/m1/s1. The maximum Gasteiger partial charge on any atom is 0.328 e. The summed E-state index contributed by atoms with van der Waals surface area (Å²) >= 11 is 0. The van der Waals surface area contributed by atoms with E-state index in [0.29, 0.717) is 33.7 Å². The van der Waals surface area contributed by atoms with E-state index in [2.05, 4.69) is 0 Å². The van der Waals surface area contributed by atoms with Crippen LogP contribution in [0, 0.1) is 0 Å². The number of fused-ring (bicyclic) bond motifs is 2. The number of phenolic OH excluding ortho intramolecular Hbond substituents is 1. The number of rotatable bonds is 7. The molecule has 10 heteroatoms. The van der Waals surface area contributed by atoms with E-state index in [-0.39, 0.29) is 40.5 Å². The van der Waals surface area contributed by atoms with Crippen LogP contribution in [0.25, 0.3) is 17.1 Å². The van der Waals surface area contributed by atoms with Crippen LogP contribution in [0.15, 0.2) is 59.1 Å². The first-order chi connectivity index (χ1) is 18.6. The minimum atomic E-state index is -1.11. The second-order valence-electron chi connectivity index (χ2n) is 9.22. The number of hydrogen-bond donors (Lipinski definition) is 2. The number of carboxylic acids is 1. The Labute approximate surface area is 222 Å². The van der Waals surface area contributed by atoms with Gasteiger partial charge in [-0.25, -0.2) is 4.79 Å². The van der Waals surface area contributed by atoms with Crippen molar-refractivity contribution in [1.82, 2.24) is 9.13 Å². The number of nitrogens with zero attached hydrogens (tertiary/aromatic N) is 2. The Bertz CT molecular complexity index is 1740. The van der Waals surface area contributed by atoms with Crippen molar-refractivity contribution in [3.63, 3.8) is 0 Å². The molecule has 1 aliphatic heterocycles. The summed E-state index contributed by atoms with van der Waals surface area (Å²) in [5.41, 5.74) is 2.54. The summed E-state index contributed by atoms with van der Waals surface area (Å²) < 4.78 is 19.6. The summed E-state index contributed by atoms with van der Waals surface area (Å²) in [5, 5.41) is 20.7. The van der Waals surface area contributed by atoms with Crippen LogP contribution < -0.4 is 19.9 Å². The molecule has 5 rings (SSSR count). The SMILES string of the molecule is COc1ccc(/C=C2\Oc3c(ccc(O)c3[C@H](CC(=O)O)c3ccc4c(c3)n(C)c(=O)n4C)C2=O)c(OC)c1. The molecule has 4 aromatic rings. The first-order valence-corrected chi connectivity index (χ1v) is 12.0. The molecule has 1 aliphatic rings. The van der Waals surface area contributed by atoms with Crippen LogP contribution >= 0.6 is 0 Å². The molecule has 1 atom stereocenters. The van der Waals surface area contributed by atoms with Gasteiger partial charge in [-0.2, -0.15) is 0 Å². The Morgan fingerprint density at radius 1 is 1.00 bits per heavy atom. The Balaban J connectivity index is 1.64. The summed E-state index contributed by atoms with van der Waals surface area (Å²) in [7, 11) is 6.31. The summed E-state index contributed by atoms with van der Waals surface area (Å²) in [6.45, 7) is 0. The van der Waals surface area contributed by atoms with Gasteiger partial charge in [-0.1, -0.05) is 6.07 Å². The van der Waals surface area contributed by atoms with Crippen molar-refractivity contribution in [1.29, 1.82) is 0 Å². The monoisotopic (exact) mass is 530 g/mol. The van der Waals surface area contributed by atoms with Crippen LogP contribution in [0.1, 0.15) is 39.4 Å². The molecule has 0 saturated carbocycles. The number of aryl methyl sites for hydroxylation is 2. The van der Waals surface area contributed by atoms with Gasteiger partial charge in [0.15, 0.2) is 5.76 Å². The molecular formula is C29H26N2O8. The molecule has 0 unspecified atom stereocenters. The third kappa shape index (κ3) is 4.29. The highest BCUT2D eigenvalue weighted by atomic mass is 16.5. The number of aliphatic carboxylic acids is 1. The molecular weight excluding hydrogens is 504 g/mol. The number of carboxylic acid groups (broad SMARTS) is 1. The van der Waals surface area contributed by atoms with Gasteiger partial charge in [-0.3, -0.25) is 18.7 Å². The molecule has 1 aromatic heterocycles. The fourth-order valence-electron chi connectivity index (χ4n) is 4.98. The minimum absolute atomic E-state index is 0.00435. The fraction of sp³-hybridized carbons (Fsp3) is 0.207. The minimum Gasteiger partial charge on any atom is -0.508 e. The van der Waals surface area contributed by atoms with Gasteiger partial charge in [0, 0.05) is 37.2 Å². The van der Waals surface area contributed by atoms with Crippen molar-refractivity contribution >= 4 is 28.9 Å². The zero-order chi connectivity index (χ0) is 28.0. The number of imidazole rings is 1. The zero-order valence-electron chi connectivity index (χ0n) is 21.7. The van der Waals surface area contributed by atoms with E-state index in [4.69, 9.17) is 14.2 Å². The number of carbonyl (C=O) groups excluding carboxylic acids is 1. The van der Waals surface area contributed by atoms with Gasteiger partial charge >= 0.3 is 11.7 Å². The Morgan fingerprint density at radius 3 is 2.44 bits per heavy atom. The number of Topliss-reactive ketones (excluding diaryl/α,β-unsaturated/α-hetero) is 1. The van der Waals surface area contributed by atoms with Gasteiger partial charge in [-0.15, -0.1) is 0 Å². The van der Waals surface area contributed by atoms with Crippen molar-refractivity contribution in [3.05, 3.63) is 87.0 Å². The molecule has 0 fully saturated rings. The second-order valence-corrected chi connectivity index (χ2v) is 9.22. The summed E-state index contributed by atoms with van der Waals surface area (Å²) in [5.74, 6) is -1.49. The Hall–Kier alpha value is -4.99. The third-order valence-corrected chi connectivity index (χ3v) is 7.01. The molecule has 0 spiro atoms. The fourth-order valence-corrected chi connectivity index (χ4v) is 4.98. The van der Waals surface area contributed by atoms with Crippen molar-refractivity contribution in [2.75, 3.05) is 14.2 Å². The number of benzene rings is 3. The van der Waals surface area contributed by atoms with Gasteiger partial charge in [0.05, 0.1) is 37.2 Å². The predicted octanol–water partition coefficient (Wildman–Crippen LogP) is 3.82. The molecule has 0 radical (unpaired) electrons. The topological polar surface area (TPSA) is 129 Å². The molecule has 200 valence electrons. The van der Waals surface area contributed by atoms with Gasteiger partial charge in [0.1, 0.15) is 23.0 Å². The summed E-state index contributed by atoms with van der Waals surface area (Å²) in [6.07, 6.45) is 1.14. The molecule has 0 saturated heterocycles. The van der Waals surface area contributed by atoms with Crippen LogP contribution in [0.3, 0.4) is 0 Å². The molecule has 10 nitrogen and oxygen atoms in total. The van der Waals surface area contributed by atoms with Crippen molar-refractivity contribution in [2.45, 2.75) is 12.3 Å². The number of aromatic hydroxyl groups is 1. The lowest BCUT2D eigenvalue weighted by Gasteiger charge is -2.20. The Kier molecular flexibility index (Phi) is 6.39.